The van der Waals surface area contributed by atoms with Crippen molar-refractivity contribution in [2.45, 2.75) is 0 Å². The van der Waals surface area contributed by atoms with Gasteiger partial charge in [0.2, 0.25) is 0 Å². The maximum Gasteiger partial charge on any atom is 0.182 e. The topological polar surface area (TPSA) is 51.3 Å². The molecule has 0 atom stereocenters. The summed E-state index contributed by atoms with van der Waals surface area (Å²) >= 11 is 1.36. The van der Waals surface area contributed by atoms with Crippen LogP contribution in [0, 0.1) is 0 Å². The Labute approximate surface area is 71.4 Å². The molecular formula is C5H4IN3S. The minimum atomic E-state index is -0.102. The Hall–Kier alpha value is -0.300. The standard InChI is InChI=1S/C5H4IN3S/c7-5-8-3-1-2-6-9-4(3)10-5/h1-2H,(H2,7,8). The van der Waals surface area contributed by atoms with E-state index in [-0.39, 0.29) is 21.0 Å². The molecular weight excluding hydrogens is 261 g/mol. The van der Waals surface area contributed by atoms with Crippen LogP contribution in [0.4, 0.5) is 5.13 Å². The van der Waals surface area contributed by atoms with Gasteiger partial charge in [-0.15, -0.1) is 0 Å². The SMILES string of the molecule is Nc1nc2c(s1)=NI=CC=2. The monoisotopic (exact) mass is 265 g/mol. The molecule has 0 aliphatic carbocycles. The highest BCUT2D eigenvalue weighted by atomic mass is 127. The Morgan fingerprint density at radius 2 is 2.50 bits per heavy atom. The van der Waals surface area contributed by atoms with Crippen molar-refractivity contribution in [1.29, 1.82) is 0 Å². The zero-order valence-corrected chi connectivity index (χ0v) is 7.89. The molecule has 0 spiro atoms. The highest BCUT2D eigenvalue weighted by Crippen LogP contribution is 2.01. The molecule has 1 aromatic heterocycles. The van der Waals surface area contributed by atoms with Gasteiger partial charge in [0.15, 0.2) is 9.80 Å². The van der Waals surface area contributed by atoms with Gasteiger partial charge < -0.3 is 5.73 Å². The lowest BCUT2D eigenvalue weighted by molar-refractivity contribution is 1.31. The summed E-state index contributed by atoms with van der Waals surface area (Å²) in [6.07, 6.45) is 2.00. The van der Waals surface area contributed by atoms with Gasteiger partial charge in [-0.25, -0.2) is 8.19 Å². The Kier molecular flexibility index (Phi) is 1.53. The predicted molar refractivity (Wildman–Crippen MR) is 51.9 cm³/mol. The molecule has 0 unspecified atom stereocenters. The number of nitrogens with zero attached hydrogens (tertiary/aromatic N) is 2. The van der Waals surface area contributed by atoms with Gasteiger partial charge in [-0.3, -0.25) is 0 Å². The van der Waals surface area contributed by atoms with Crippen LogP contribution in [-0.2, 0) is 0 Å². The summed E-state index contributed by atoms with van der Waals surface area (Å²) in [5.74, 6) is 0. The van der Waals surface area contributed by atoms with Crippen LogP contribution in [0.25, 0.3) is 6.08 Å². The minimum absolute atomic E-state index is 0.102. The van der Waals surface area contributed by atoms with E-state index in [9.17, 15) is 0 Å². The molecule has 2 heterocycles. The first kappa shape index (κ1) is 6.41. The van der Waals surface area contributed by atoms with E-state index in [4.69, 9.17) is 5.73 Å². The van der Waals surface area contributed by atoms with Crippen LogP contribution in [0.5, 0.6) is 0 Å². The summed E-state index contributed by atoms with van der Waals surface area (Å²) in [6, 6.07) is 0. The average Bonchev–Trinajstić information content (AvgIpc) is 2.27. The molecule has 0 bridgehead atoms. The number of thiazole rings is 1. The van der Waals surface area contributed by atoms with Gasteiger partial charge >= 0.3 is 0 Å². The van der Waals surface area contributed by atoms with E-state index in [2.05, 4.69) is 12.2 Å². The van der Waals surface area contributed by atoms with Crippen molar-refractivity contribution in [3.63, 3.8) is 0 Å². The van der Waals surface area contributed by atoms with Crippen LogP contribution >= 0.6 is 32.3 Å². The number of nitrogen functional groups attached to an aromatic ring is 1. The second-order valence-corrected chi connectivity index (χ2v) is 4.49. The maximum atomic E-state index is 5.48. The highest BCUT2D eigenvalue weighted by Gasteiger charge is 1.96. The molecule has 3 nitrogen and oxygen atoms in total. The molecule has 1 aliphatic heterocycles. The van der Waals surface area contributed by atoms with Gasteiger partial charge in [0.05, 0.1) is 0 Å². The molecule has 0 amide bonds. The molecule has 2 N–H and O–H groups in total. The van der Waals surface area contributed by atoms with Crippen molar-refractivity contribution in [3.8, 4) is 0 Å². The summed E-state index contributed by atoms with van der Waals surface area (Å²) in [5, 5.41) is 1.55. The van der Waals surface area contributed by atoms with Crippen LogP contribution in [0.15, 0.2) is 3.21 Å². The fraction of sp³-hybridized carbons (Fsp3) is 0. The van der Waals surface area contributed by atoms with Crippen molar-refractivity contribution in [2.24, 2.45) is 3.21 Å². The summed E-state index contributed by atoms with van der Waals surface area (Å²) in [7, 11) is 0. The number of anilines is 1. The van der Waals surface area contributed by atoms with Crippen molar-refractivity contribution >= 4 is 47.6 Å². The van der Waals surface area contributed by atoms with Gasteiger partial charge in [-0.1, -0.05) is 11.3 Å². The van der Waals surface area contributed by atoms with E-state index >= 15 is 0 Å². The van der Waals surface area contributed by atoms with E-state index in [0.717, 1.165) is 10.0 Å². The quantitative estimate of drug-likeness (QED) is 0.662. The number of rotatable bonds is 0. The Bertz CT molecular complexity index is 356. The number of aromatic nitrogens is 1. The summed E-state index contributed by atoms with van der Waals surface area (Å²) < 4.78 is 7.40. The predicted octanol–water partition coefficient (Wildman–Crippen LogP) is -0.173. The van der Waals surface area contributed by atoms with Crippen LogP contribution in [-0.4, -0.2) is 9.00 Å². The second-order valence-electron chi connectivity index (χ2n) is 1.72. The van der Waals surface area contributed by atoms with Gasteiger partial charge in [-0.05, 0) is 10.1 Å². The molecule has 0 aromatic carbocycles. The molecule has 1 aliphatic rings. The molecule has 2 rings (SSSR count). The summed E-state index contributed by atoms with van der Waals surface area (Å²) in [5.41, 5.74) is 5.48. The summed E-state index contributed by atoms with van der Waals surface area (Å²) in [4.78, 5) is 4.08. The second kappa shape index (κ2) is 2.39. The van der Waals surface area contributed by atoms with E-state index in [1.54, 1.807) is 0 Å². The molecule has 5 heteroatoms. The zero-order chi connectivity index (χ0) is 6.97. The molecule has 0 saturated carbocycles. The maximum absolute atomic E-state index is 5.48. The first-order valence-corrected chi connectivity index (χ1v) is 5.65. The van der Waals surface area contributed by atoms with E-state index < -0.39 is 0 Å². The third-order valence-electron chi connectivity index (χ3n) is 1.05. The van der Waals surface area contributed by atoms with Crippen molar-refractivity contribution < 1.29 is 0 Å². The third-order valence-corrected chi connectivity index (χ3v) is 3.62. The van der Waals surface area contributed by atoms with Gasteiger partial charge in [0.25, 0.3) is 0 Å². The van der Waals surface area contributed by atoms with E-state index in [1.807, 2.05) is 6.08 Å². The summed E-state index contributed by atoms with van der Waals surface area (Å²) in [6.45, 7) is 0. The number of halogens is 1. The molecule has 0 fully saturated rings. The fourth-order valence-corrected chi connectivity index (χ4v) is 2.99. The van der Waals surface area contributed by atoms with Crippen LogP contribution < -0.4 is 15.8 Å². The lowest BCUT2D eigenvalue weighted by Crippen LogP contribution is -2.21. The van der Waals surface area contributed by atoms with Crippen LogP contribution in [0.2, 0.25) is 0 Å². The third kappa shape index (κ3) is 0.988. The van der Waals surface area contributed by atoms with Gasteiger partial charge in [-0.2, -0.15) is 0 Å². The first-order valence-electron chi connectivity index (χ1n) is 2.63. The number of fused-ring (bicyclic) bond motifs is 1. The normalized spacial score (nSPS) is 14.4. The molecule has 0 radical (unpaired) electrons. The lowest BCUT2D eigenvalue weighted by Gasteiger charge is -1.78. The fourth-order valence-electron chi connectivity index (χ4n) is 0.670. The molecule has 0 saturated heterocycles. The Morgan fingerprint density at radius 3 is 3.30 bits per heavy atom. The number of hydrogen-bond donors (Lipinski definition) is 1. The lowest BCUT2D eigenvalue weighted by atomic mass is 10.6. The number of nitrogens with two attached hydrogens (primary N) is 1. The number of hydrogen-bond acceptors (Lipinski definition) is 4. The van der Waals surface area contributed by atoms with Gasteiger partial charge in [0.1, 0.15) is 5.35 Å². The van der Waals surface area contributed by atoms with Crippen LogP contribution in [0.1, 0.15) is 0 Å². The first-order chi connectivity index (χ1) is 4.86. The smallest absolute Gasteiger partial charge is 0.182 e. The molecule has 1 aromatic rings. The zero-order valence-electron chi connectivity index (χ0n) is 4.91. The highest BCUT2D eigenvalue weighted by molar-refractivity contribution is 14.2. The average molecular weight is 265 g/mol. The Balaban J connectivity index is 2.90. The van der Waals surface area contributed by atoms with Crippen LogP contribution in [0.3, 0.4) is 0 Å². The van der Waals surface area contributed by atoms with E-state index in [0.29, 0.717) is 5.13 Å². The largest absolute Gasteiger partial charge is 0.375 e. The molecule has 52 valence electrons. The van der Waals surface area contributed by atoms with E-state index in [1.165, 1.54) is 11.3 Å². The Morgan fingerprint density at radius 1 is 1.60 bits per heavy atom. The van der Waals surface area contributed by atoms with Crippen molar-refractivity contribution in [1.82, 2.24) is 4.98 Å². The van der Waals surface area contributed by atoms with Crippen molar-refractivity contribution in [3.05, 3.63) is 10.0 Å². The van der Waals surface area contributed by atoms with Gasteiger partial charge in [0, 0.05) is 21.0 Å². The molecule has 10 heavy (non-hydrogen) atoms. The minimum Gasteiger partial charge on any atom is -0.375 e. The van der Waals surface area contributed by atoms with Crippen molar-refractivity contribution in [2.75, 3.05) is 5.73 Å².